The van der Waals surface area contributed by atoms with E-state index in [0.717, 1.165) is 17.2 Å². The van der Waals surface area contributed by atoms with Crippen molar-refractivity contribution in [2.24, 2.45) is 5.92 Å². The largest absolute Gasteiger partial charge is 0.496 e. The van der Waals surface area contributed by atoms with Crippen molar-refractivity contribution in [2.45, 2.75) is 19.8 Å². The van der Waals surface area contributed by atoms with E-state index in [2.05, 4.69) is 25.1 Å². The second-order valence-electron chi connectivity index (χ2n) is 4.55. The van der Waals surface area contributed by atoms with E-state index in [-0.39, 0.29) is 0 Å². The highest BCUT2D eigenvalue weighted by molar-refractivity contribution is 6.25. The molecule has 0 N–H and O–H groups in total. The van der Waals surface area contributed by atoms with Crippen molar-refractivity contribution >= 4 is 17.4 Å². The monoisotopic (exact) mass is 248 g/mol. The van der Waals surface area contributed by atoms with Crippen LogP contribution in [0.5, 0.6) is 0 Å². The molecule has 1 nitrogen and oxygen atoms in total. The molecule has 1 aliphatic carbocycles. The lowest BCUT2D eigenvalue weighted by molar-refractivity contribution is 0.370. The van der Waals surface area contributed by atoms with E-state index in [1.165, 1.54) is 29.5 Å². The highest BCUT2D eigenvalue weighted by Gasteiger charge is 2.18. The van der Waals surface area contributed by atoms with Crippen molar-refractivity contribution in [2.75, 3.05) is 7.11 Å². The van der Waals surface area contributed by atoms with Crippen molar-refractivity contribution < 1.29 is 4.74 Å². The minimum absolute atomic E-state index is 0.762. The summed E-state index contributed by atoms with van der Waals surface area (Å²) in [6.45, 7) is 2.29. The highest BCUT2D eigenvalue weighted by Crippen LogP contribution is 2.29. The second-order valence-corrected chi connectivity index (χ2v) is 4.80. The van der Waals surface area contributed by atoms with Crippen LogP contribution in [0.4, 0.5) is 0 Å². The first-order chi connectivity index (χ1) is 8.24. The molecule has 0 spiro atoms. The van der Waals surface area contributed by atoms with Gasteiger partial charge in [-0.3, -0.25) is 0 Å². The molecule has 0 aromatic heterocycles. The Labute approximate surface area is 108 Å². The fourth-order valence-electron chi connectivity index (χ4n) is 2.40. The molecule has 0 saturated heterocycles. The van der Waals surface area contributed by atoms with Crippen LogP contribution in [0, 0.1) is 5.92 Å². The number of allylic oxidation sites excluding steroid dienone is 2. The standard InChI is InChI=1S/C15H17ClO/c1-11-8-12-5-6-13(10-14(12)9-11)15(17-2)4-3-7-16/h3-7,10-11H,8-9H2,1-2H3/b7-3+,15-4-. The fourth-order valence-corrected chi connectivity index (χ4v) is 2.47. The van der Waals surface area contributed by atoms with E-state index in [9.17, 15) is 0 Å². The highest BCUT2D eigenvalue weighted by atomic mass is 35.5. The molecule has 17 heavy (non-hydrogen) atoms. The van der Waals surface area contributed by atoms with Crippen molar-refractivity contribution in [1.29, 1.82) is 0 Å². The van der Waals surface area contributed by atoms with Gasteiger partial charge in [0.15, 0.2) is 0 Å². The van der Waals surface area contributed by atoms with Crippen molar-refractivity contribution in [3.8, 4) is 0 Å². The molecule has 2 heteroatoms. The molecule has 90 valence electrons. The number of rotatable bonds is 3. The van der Waals surface area contributed by atoms with Gasteiger partial charge in [0.1, 0.15) is 5.76 Å². The van der Waals surface area contributed by atoms with E-state index < -0.39 is 0 Å². The van der Waals surface area contributed by atoms with Gasteiger partial charge in [-0.05, 0) is 48.1 Å². The molecule has 0 aliphatic heterocycles. The first kappa shape index (κ1) is 12.3. The molecule has 1 atom stereocenters. The molecule has 0 amide bonds. The number of hydrogen-bond donors (Lipinski definition) is 0. The number of fused-ring (bicyclic) bond motifs is 1. The average Bonchev–Trinajstić information content (AvgIpc) is 2.69. The van der Waals surface area contributed by atoms with Crippen LogP contribution in [0.15, 0.2) is 35.9 Å². The SMILES string of the molecule is CO/C(=C\C=C\Cl)c1ccc2c(c1)CC(C)C2. The summed E-state index contributed by atoms with van der Waals surface area (Å²) in [5.41, 5.74) is 5.53. The zero-order chi connectivity index (χ0) is 12.3. The Morgan fingerprint density at radius 1 is 1.35 bits per heavy atom. The zero-order valence-corrected chi connectivity index (χ0v) is 11.0. The van der Waals surface area contributed by atoms with Gasteiger partial charge in [0, 0.05) is 11.1 Å². The maximum Gasteiger partial charge on any atom is 0.126 e. The van der Waals surface area contributed by atoms with Gasteiger partial charge < -0.3 is 4.74 Å². The fraction of sp³-hybridized carbons (Fsp3) is 0.333. The average molecular weight is 249 g/mol. The van der Waals surface area contributed by atoms with Crippen molar-refractivity contribution in [3.63, 3.8) is 0 Å². The van der Waals surface area contributed by atoms with E-state index in [1.54, 1.807) is 13.2 Å². The molecule has 0 heterocycles. The smallest absolute Gasteiger partial charge is 0.126 e. The number of halogens is 1. The molecule has 1 aromatic rings. The summed E-state index contributed by atoms with van der Waals surface area (Å²) >= 11 is 5.52. The maximum atomic E-state index is 5.52. The summed E-state index contributed by atoms with van der Waals surface area (Å²) in [5.74, 6) is 1.61. The van der Waals surface area contributed by atoms with Crippen LogP contribution in [-0.2, 0) is 17.6 Å². The molecule has 1 aromatic carbocycles. The molecular weight excluding hydrogens is 232 g/mol. The molecule has 0 bridgehead atoms. The van der Waals surface area contributed by atoms with Crippen molar-refractivity contribution in [3.05, 3.63) is 52.6 Å². The summed E-state index contributed by atoms with van der Waals surface area (Å²) in [6.07, 6.45) is 6.03. The molecule has 0 saturated carbocycles. The van der Waals surface area contributed by atoms with Gasteiger partial charge in [-0.25, -0.2) is 0 Å². The number of ether oxygens (including phenoxy) is 1. The van der Waals surface area contributed by atoms with Gasteiger partial charge in [-0.1, -0.05) is 30.7 Å². The molecule has 1 unspecified atom stereocenters. The Morgan fingerprint density at radius 3 is 2.82 bits per heavy atom. The summed E-state index contributed by atoms with van der Waals surface area (Å²) in [4.78, 5) is 0. The van der Waals surface area contributed by atoms with Crippen LogP contribution in [0.25, 0.3) is 5.76 Å². The third kappa shape index (κ3) is 2.73. The molecule has 0 radical (unpaired) electrons. The normalized spacial score (nSPS) is 19.7. The van der Waals surface area contributed by atoms with Crippen LogP contribution >= 0.6 is 11.6 Å². The summed E-state index contributed by atoms with van der Waals surface area (Å²) < 4.78 is 5.38. The Hall–Kier alpha value is -1.21. The van der Waals surface area contributed by atoms with Crippen LogP contribution in [0.1, 0.15) is 23.6 Å². The lowest BCUT2D eigenvalue weighted by Crippen LogP contribution is -1.90. The predicted octanol–water partition coefficient (Wildman–Crippen LogP) is 4.16. The topological polar surface area (TPSA) is 9.23 Å². The Bertz CT molecular complexity index is 460. The van der Waals surface area contributed by atoms with E-state index in [1.807, 2.05) is 6.08 Å². The summed E-state index contributed by atoms with van der Waals surface area (Å²) in [7, 11) is 1.68. The van der Waals surface area contributed by atoms with Crippen LogP contribution < -0.4 is 0 Å². The third-order valence-electron chi connectivity index (χ3n) is 3.17. The van der Waals surface area contributed by atoms with Gasteiger partial charge in [-0.2, -0.15) is 0 Å². The Balaban J connectivity index is 2.31. The lowest BCUT2D eigenvalue weighted by Gasteiger charge is -2.07. The van der Waals surface area contributed by atoms with E-state index in [0.29, 0.717) is 0 Å². The third-order valence-corrected chi connectivity index (χ3v) is 3.31. The first-order valence-electron chi connectivity index (χ1n) is 5.87. The Morgan fingerprint density at radius 2 is 2.12 bits per heavy atom. The number of methoxy groups -OCH3 is 1. The quantitative estimate of drug-likeness (QED) is 0.577. The lowest BCUT2D eigenvalue weighted by atomic mass is 10.0. The van der Waals surface area contributed by atoms with E-state index >= 15 is 0 Å². The minimum atomic E-state index is 0.762. The molecule has 0 fully saturated rings. The van der Waals surface area contributed by atoms with Crippen LogP contribution in [-0.4, -0.2) is 7.11 Å². The van der Waals surface area contributed by atoms with E-state index in [4.69, 9.17) is 16.3 Å². The van der Waals surface area contributed by atoms with Crippen LogP contribution in [0.3, 0.4) is 0 Å². The second kappa shape index (κ2) is 5.42. The van der Waals surface area contributed by atoms with Gasteiger partial charge >= 0.3 is 0 Å². The van der Waals surface area contributed by atoms with Crippen LogP contribution in [0.2, 0.25) is 0 Å². The minimum Gasteiger partial charge on any atom is -0.496 e. The number of hydrogen-bond acceptors (Lipinski definition) is 1. The number of benzene rings is 1. The van der Waals surface area contributed by atoms with Crippen molar-refractivity contribution in [1.82, 2.24) is 0 Å². The predicted molar refractivity (Wildman–Crippen MR) is 73.0 cm³/mol. The Kier molecular flexibility index (Phi) is 3.90. The molecular formula is C15H17ClO. The summed E-state index contributed by atoms with van der Waals surface area (Å²) in [6, 6.07) is 6.57. The van der Waals surface area contributed by atoms with Gasteiger partial charge in [0.25, 0.3) is 0 Å². The molecule has 1 aliphatic rings. The zero-order valence-electron chi connectivity index (χ0n) is 10.2. The molecule has 2 rings (SSSR count). The van der Waals surface area contributed by atoms with Gasteiger partial charge in [0.05, 0.1) is 7.11 Å². The summed E-state index contributed by atoms with van der Waals surface area (Å²) in [5, 5.41) is 0. The first-order valence-corrected chi connectivity index (χ1v) is 6.31. The maximum absolute atomic E-state index is 5.52. The van der Waals surface area contributed by atoms with Gasteiger partial charge in [0.2, 0.25) is 0 Å². The van der Waals surface area contributed by atoms with Gasteiger partial charge in [-0.15, -0.1) is 0 Å².